The number of likely N-dealkylation sites (N-methyl/N-ethyl adjacent to an activating group) is 1. The lowest BCUT2D eigenvalue weighted by molar-refractivity contribution is 0.233. The zero-order valence-electron chi connectivity index (χ0n) is 11.7. The van der Waals surface area contributed by atoms with Gasteiger partial charge in [0.05, 0.1) is 16.7 Å². The van der Waals surface area contributed by atoms with Crippen LogP contribution in [0.3, 0.4) is 0 Å². The van der Waals surface area contributed by atoms with Gasteiger partial charge >= 0.3 is 0 Å². The molecule has 1 atom stereocenters. The predicted octanol–water partition coefficient (Wildman–Crippen LogP) is 3.00. The number of aromatic nitrogens is 1. The highest BCUT2D eigenvalue weighted by molar-refractivity contribution is 7.09. The Labute approximate surface area is 125 Å². The van der Waals surface area contributed by atoms with Gasteiger partial charge in [0.2, 0.25) is 0 Å². The van der Waals surface area contributed by atoms with Crippen molar-refractivity contribution in [2.45, 2.75) is 19.5 Å². The summed E-state index contributed by atoms with van der Waals surface area (Å²) in [6.07, 6.45) is 0. The monoisotopic (exact) mass is 315 g/mol. The standard InChI is InChI=1S/C14H16F3N3S/c1-8-19-9(7-21-8)6-20(2)14(5-18)10-3-12(16)13(17)4-11(10)15/h3-4,7,14H,5-6,18H2,1-2H3. The molecule has 0 fully saturated rings. The van der Waals surface area contributed by atoms with Crippen LogP contribution in [0.5, 0.6) is 0 Å². The van der Waals surface area contributed by atoms with Crippen LogP contribution in [0.2, 0.25) is 0 Å². The largest absolute Gasteiger partial charge is 0.329 e. The number of thiazole rings is 1. The van der Waals surface area contributed by atoms with Crippen LogP contribution < -0.4 is 5.73 Å². The summed E-state index contributed by atoms with van der Waals surface area (Å²) in [6, 6.07) is 0.862. The molecule has 21 heavy (non-hydrogen) atoms. The average Bonchev–Trinajstić information content (AvgIpc) is 2.81. The van der Waals surface area contributed by atoms with Gasteiger partial charge in [-0.1, -0.05) is 0 Å². The molecule has 1 aromatic heterocycles. The Morgan fingerprint density at radius 2 is 1.90 bits per heavy atom. The third kappa shape index (κ3) is 3.61. The molecule has 0 saturated heterocycles. The fourth-order valence-corrected chi connectivity index (χ4v) is 2.79. The summed E-state index contributed by atoms with van der Waals surface area (Å²) in [4.78, 5) is 6.09. The molecule has 7 heteroatoms. The number of nitrogens with zero attached hydrogens (tertiary/aromatic N) is 2. The minimum Gasteiger partial charge on any atom is -0.329 e. The van der Waals surface area contributed by atoms with Crippen molar-refractivity contribution in [3.63, 3.8) is 0 Å². The highest BCUT2D eigenvalue weighted by Gasteiger charge is 2.22. The van der Waals surface area contributed by atoms with Gasteiger partial charge in [0, 0.05) is 30.1 Å². The minimum atomic E-state index is -1.20. The predicted molar refractivity (Wildman–Crippen MR) is 76.4 cm³/mol. The van der Waals surface area contributed by atoms with Gasteiger partial charge in [0.1, 0.15) is 5.82 Å². The number of hydrogen-bond acceptors (Lipinski definition) is 4. The van der Waals surface area contributed by atoms with Crippen molar-refractivity contribution in [1.82, 2.24) is 9.88 Å². The molecule has 3 nitrogen and oxygen atoms in total. The molecule has 2 aromatic rings. The first-order valence-electron chi connectivity index (χ1n) is 6.38. The maximum absolute atomic E-state index is 13.9. The zero-order valence-corrected chi connectivity index (χ0v) is 12.6. The third-order valence-electron chi connectivity index (χ3n) is 3.23. The second kappa shape index (κ2) is 6.55. The van der Waals surface area contributed by atoms with E-state index in [2.05, 4.69) is 4.98 Å². The van der Waals surface area contributed by atoms with E-state index in [-0.39, 0.29) is 12.1 Å². The van der Waals surface area contributed by atoms with Crippen molar-refractivity contribution in [3.05, 3.63) is 51.2 Å². The highest BCUT2D eigenvalue weighted by atomic mass is 32.1. The van der Waals surface area contributed by atoms with Gasteiger partial charge in [-0.3, -0.25) is 4.90 Å². The van der Waals surface area contributed by atoms with E-state index >= 15 is 0 Å². The first-order chi connectivity index (χ1) is 9.92. The quantitative estimate of drug-likeness (QED) is 0.863. The molecular weight excluding hydrogens is 299 g/mol. The van der Waals surface area contributed by atoms with Crippen molar-refractivity contribution >= 4 is 11.3 Å². The van der Waals surface area contributed by atoms with Crippen LogP contribution in [-0.4, -0.2) is 23.5 Å². The van der Waals surface area contributed by atoms with Gasteiger partial charge in [-0.15, -0.1) is 11.3 Å². The van der Waals surface area contributed by atoms with E-state index in [1.54, 1.807) is 11.9 Å². The first kappa shape index (κ1) is 15.9. The van der Waals surface area contributed by atoms with E-state index in [1.807, 2.05) is 12.3 Å². The molecule has 114 valence electrons. The molecule has 0 bridgehead atoms. The SMILES string of the molecule is Cc1nc(CN(C)C(CN)c2cc(F)c(F)cc2F)cs1. The van der Waals surface area contributed by atoms with Gasteiger partial charge in [0.25, 0.3) is 0 Å². The van der Waals surface area contributed by atoms with Gasteiger partial charge in [0.15, 0.2) is 11.6 Å². The molecule has 1 unspecified atom stereocenters. The highest BCUT2D eigenvalue weighted by Crippen LogP contribution is 2.25. The molecule has 0 aliphatic rings. The van der Waals surface area contributed by atoms with Gasteiger partial charge in [-0.05, 0) is 20.0 Å². The second-order valence-corrected chi connectivity index (χ2v) is 5.87. The zero-order chi connectivity index (χ0) is 15.6. The Bertz CT molecular complexity index is 630. The molecule has 1 aromatic carbocycles. The average molecular weight is 315 g/mol. The molecule has 2 rings (SSSR count). The number of rotatable bonds is 5. The summed E-state index contributed by atoms with van der Waals surface area (Å²) in [7, 11) is 1.74. The smallest absolute Gasteiger partial charge is 0.161 e. The number of benzene rings is 1. The van der Waals surface area contributed by atoms with Crippen molar-refractivity contribution in [2.24, 2.45) is 5.73 Å². The van der Waals surface area contributed by atoms with E-state index in [4.69, 9.17) is 5.73 Å². The molecule has 2 N–H and O–H groups in total. The Morgan fingerprint density at radius 3 is 2.48 bits per heavy atom. The lowest BCUT2D eigenvalue weighted by atomic mass is 10.0. The van der Waals surface area contributed by atoms with E-state index in [9.17, 15) is 13.2 Å². The summed E-state index contributed by atoms with van der Waals surface area (Å²) >= 11 is 1.52. The van der Waals surface area contributed by atoms with Crippen molar-refractivity contribution in [3.8, 4) is 0 Å². The Hall–Kier alpha value is -1.44. The lowest BCUT2D eigenvalue weighted by Crippen LogP contribution is -2.31. The van der Waals surface area contributed by atoms with Crippen LogP contribution in [-0.2, 0) is 6.54 Å². The second-order valence-electron chi connectivity index (χ2n) is 4.81. The summed E-state index contributed by atoms with van der Waals surface area (Å²) in [5, 5.41) is 2.84. The number of hydrogen-bond donors (Lipinski definition) is 1. The van der Waals surface area contributed by atoms with Crippen LogP contribution >= 0.6 is 11.3 Å². The van der Waals surface area contributed by atoms with Crippen LogP contribution in [0.25, 0.3) is 0 Å². The fourth-order valence-electron chi connectivity index (χ4n) is 2.18. The molecule has 0 radical (unpaired) electrons. The maximum Gasteiger partial charge on any atom is 0.161 e. The van der Waals surface area contributed by atoms with Crippen LogP contribution in [0.4, 0.5) is 13.2 Å². The lowest BCUT2D eigenvalue weighted by Gasteiger charge is -2.27. The molecule has 0 aliphatic carbocycles. The van der Waals surface area contributed by atoms with Crippen molar-refractivity contribution in [2.75, 3.05) is 13.6 Å². The van der Waals surface area contributed by atoms with Crippen LogP contribution in [0.1, 0.15) is 22.3 Å². The minimum absolute atomic E-state index is 0.0471. The summed E-state index contributed by atoms with van der Waals surface area (Å²) in [5.41, 5.74) is 6.56. The number of aryl methyl sites for hydroxylation is 1. The molecule has 0 amide bonds. The van der Waals surface area contributed by atoms with Crippen molar-refractivity contribution in [1.29, 1.82) is 0 Å². The summed E-state index contributed by atoms with van der Waals surface area (Å²) in [6.45, 7) is 2.43. The topological polar surface area (TPSA) is 42.2 Å². The molecule has 0 aliphatic heterocycles. The Balaban J connectivity index is 2.24. The van der Waals surface area contributed by atoms with E-state index < -0.39 is 23.5 Å². The first-order valence-corrected chi connectivity index (χ1v) is 7.26. The third-order valence-corrected chi connectivity index (χ3v) is 4.05. The van der Waals surface area contributed by atoms with Crippen LogP contribution in [0, 0.1) is 24.4 Å². The van der Waals surface area contributed by atoms with E-state index in [0.29, 0.717) is 12.6 Å². The number of nitrogens with two attached hydrogens (primary N) is 1. The number of halogens is 3. The molecule has 0 saturated carbocycles. The molecular formula is C14H16F3N3S. The maximum atomic E-state index is 13.9. The van der Waals surface area contributed by atoms with Gasteiger partial charge in [-0.25, -0.2) is 18.2 Å². The Morgan fingerprint density at radius 1 is 1.24 bits per heavy atom. The summed E-state index contributed by atoms with van der Waals surface area (Å²) in [5.74, 6) is -3.08. The molecule has 0 spiro atoms. The van der Waals surface area contributed by atoms with E-state index in [1.165, 1.54) is 11.3 Å². The summed E-state index contributed by atoms with van der Waals surface area (Å²) < 4.78 is 40.2. The van der Waals surface area contributed by atoms with Gasteiger partial charge < -0.3 is 5.73 Å². The normalized spacial score (nSPS) is 12.9. The van der Waals surface area contributed by atoms with E-state index in [0.717, 1.165) is 16.8 Å². The molecule has 1 heterocycles. The fraction of sp³-hybridized carbons (Fsp3) is 0.357. The van der Waals surface area contributed by atoms with Gasteiger partial charge in [-0.2, -0.15) is 0 Å². The van der Waals surface area contributed by atoms with Crippen molar-refractivity contribution < 1.29 is 13.2 Å². The Kier molecular flexibility index (Phi) is 4.97. The van der Waals surface area contributed by atoms with Crippen LogP contribution in [0.15, 0.2) is 17.5 Å².